The van der Waals surface area contributed by atoms with Crippen molar-refractivity contribution in [2.24, 2.45) is 0 Å². The third-order valence-corrected chi connectivity index (χ3v) is 4.81. The summed E-state index contributed by atoms with van der Waals surface area (Å²) >= 11 is 0. The van der Waals surface area contributed by atoms with E-state index in [0.717, 1.165) is 13.1 Å². The first-order chi connectivity index (χ1) is 13.7. The Kier molecular flexibility index (Phi) is 5.45. The lowest BCUT2D eigenvalue weighted by Crippen LogP contribution is -2.43. The number of carbonyl (C=O) groups excluding carboxylic acids is 1. The van der Waals surface area contributed by atoms with Crippen LogP contribution < -0.4 is 10.9 Å². The minimum atomic E-state index is -0.228. The van der Waals surface area contributed by atoms with Gasteiger partial charge < -0.3 is 15.0 Å². The molecule has 3 aromatic rings. The quantitative estimate of drug-likeness (QED) is 0.710. The third kappa shape index (κ3) is 4.44. The summed E-state index contributed by atoms with van der Waals surface area (Å²) in [5, 5.41) is 3.30. The average Bonchev–Trinajstić information content (AvgIpc) is 2.70. The lowest BCUT2D eigenvalue weighted by Gasteiger charge is -2.32. The van der Waals surface area contributed by atoms with Gasteiger partial charge in [-0.1, -0.05) is 30.3 Å². The van der Waals surface area contributed by atoms with E-state index in [1.165, 1.54) is 11.9 Å². The van der Waals surface area contributed by atoms with E-state index in [-0.39, 0.29) is 24.0 Å². The number of aromatic nitrogens is 2. The third-order valence-electron chi connectivity index (χ3n) is 4.81. The summed E-state index contributed by atoms with van der Waals surface area (Å²) in [4.78, 5) is 33.3. The van der Waals surface area contributed by atoms with Crippen LogP contribution in [0.3, 0.4) is 0 Å². The largest absolute Gasteiger partial charge is 0.375 e. The topological polar surface area (TPSA) is 87.3 Å². The zero-order chi connectivity index (χ0) is 19.3. The second kappa shape index (κ2) is 8.33. The van der Waals surface area contributed by atoms with Crippen LogP contribution in [0.2, 0.25) is 0 Å². The molecule has 1 amide bonds. The smallest absolute Gasteiger partial charge is 0.258 e. The first kappa shape index (κ1) is 18.3. The molecule has 2 aromatic carbocycles. The molecule has 1 atom stereocenters. The van der Waals surface area contributed by atoms with Crippen LogP contribution in [0.4, 0.5) is 5.69 Å². The molecular weight excluding hydrogens is 356 g/mol. The van der Waals surface area contributed by atoms with Crippen molar-refractivity contribution >= 4 is 22.5 Å². The van der Waals surface area contributed by atoms with Crippen LogP contribution in [0.5, 0.6) is 0 Å². The highest BCUT2D eigenvalue weighted by Crippen LogP contribution is 2.16. The maximum atomic E-state index is 12.5. The molecule has 2 heterocycles. The molecule has 144 valence electrons. The van der Waals surface area contributed by atoms with Crippen LogP contribution in [-0.4, -0.2) is 46.6 Å². The molecule has 1 saturated heterocycles. The number of aromatic amines is 1. The van der Waals surface area contributed by atoms with Crippen molar-refractivity contribution in [3.05, 3.63) is 70.8 Å². The number of fused-ring (bicyclic) bond motifs is 1. The van der Waals surface area contributed by atoms with Crippen LogP contribution >= 0.6 is 0 Å². The molecule has 2 N–H and O–H groups in total. The Morgan fingerprint density at radius 3 is 2.96 bits per heavy atom. The molecule has 1 aliphatic rings. The number of H-pyrrole nitrogens is 1. The van der Waals surface area contributed by atoms with Gasteiger partial charge in [0.2, 0.25) is 5.91 Å². The van der Waals surface area contributed by atoms with Crippen LogP contribution in [0.25, 0.3) is 10.9 Å². The predicted molar refractivity (Wildman–Crippen MR) is 107 cm³/mol. The van der Waals surface area contributed by atoms with E-state index in [1.54, 1.807) is 18.2 Å². The van der Waals surface area contributed by atoms with Crippen molar-refractivity contribution < 1.29 is 9.53 Å². The van der Waals surface area contributed by atoms with E-state index in [4.69, 9.17) is 4.74 Å². The summed E-state index contributed by atoms with van der Waals surface area (Å²) in [5.41, 5.74) is 2.19. The van der Waals surface area contributed by atoms with Crippen molar-refractivity contribution in [2.75, 3.05) is 25.0 Å². The fourth-order valence-corrected chi connectivity index (χ4v) is 3.45. The fourth-order valence-electron chi connectivity index (χ4n) is 3.45. The number of carbonyl (C=O) groups is 1. The second-order valence-electron chi connectivity index (χ2n) is 6.93. The number of hydrogen-bond donors (Lipinski definition) is 2. The Balaban J connectivity index is 1.35. The van der Waals surface area contributed by atoms with Gasteiger partial charge in [0.25, 0.3) is 5.56 Å². The monoisotopic (exact) mass is 378 g/mol. The first-order valence-electron chi connectivity index (χ1n) is 9.32. The highest BCUT2D eigenvalue weighted by molar-refractivity contribution is 5.93. The standard InChI is InChI=1S/C21H22N4O3/c26-20(24-16-6-7-19-18(10-16)21(27)23-14-22-19)11-17-13-25(8-9-28-17)12-15-4-2-1-3-5-15/h1-7,10,14,17H,8-9,11-13H2,(H,24,26)(H,22,23,27). The van der Waals surface area contributed by atoms with E-state index >= 15 is 0 Å². The lowest BCUT2D eigenvalue weighted by atomic mass is 10.1. The van der Waals surface area contributed by atoms with Crippen molar-refractivity contribution in [1.82, 2.24) is 14.9 Å². The Morgan fingerprint density at radius 1 is 1.25 bits per heavy atom. The van der Waals surface area contributed by atoms with E-state index in [2.05, 4.69) is 32.3 Å². The van der Waals surface area contributed by atoms with Crippen molar-refractivity contribution in [1.29, 1.82) is 0 Å². The normalized spacial score (nSPS) is 17.5. The van der Waals surface area contributed by atoms with Crippen LogP contribution in [0, 0.1) is 0 Å². The molecule has 7 heteroatoms. The summed E-state index contributed by atoms with van der Waals surface area (Å²) < 4.78 is 5.78. The number of benzene rings is 2. The molecule has 7 nitrogen and oxygen atoms in total. The van der Waals surface area contributed by atoms with Crippen molar-refractivity contribution in [3.63, 3.8) is 0 Å². The number of nitrogens with zero attached hydrogens (tertiary/aromatic N) is 2. The van der Waals surface area contributed by atoms with Gasteiger partial charge in [-0.15, -0.1) is 0 Å². The molecule has 0 radical (unpaired) electrons. The Bertz CT molecular complexity index is 1020. The molecule has 4 rings (SSSR count). The summed E-state index contributed by atoms with van der Waals surface area (Å²) in [6.45, 7) is 3.03. The maximum Gasteiger partial charge on any atom is 0.258 e. The van der Waals surface area contributed by atoms with Gasteiger partial charge in [-0.2, -0.15) is 0 Å². The summed E-state index contributed by atoms with van der Waals surface area (Å²) in [6.07, 6.45) is 1.49. The molecule has 1 aromatic heterocycles. The van der Waals surface area contributed by atoms with Crippen LogP contribution in [0.1, 0.15) is 12.0 Å². The van der Waals surface area contributed by atoms with E-state index < -0.39 is 0 Å². The summed E-state index contributed by atoms with van der Waals surface area (Å²) in [6, 6.07) is 15.4. The minimum absolute atomic E-state index is 0.133. The number of amides is 1. The van der Waals surface area contributed by atoms with Gasteiger partial charge in [0, 0.05) is 25.3 Å². The highest BCUT2D eigenvalue weighted by atomic mass is 16.5. The molecule has 0 saturated carbocycles. The van der Waals surface area contributed by atoms with Gasteiger partial charge in [-0.25, -0.2) is 4.98 Å². The van der Waals surface area contributed by atoms with Crippen molar-refractivity contribution in [3.8, 4) is 0 Å². The van der Waals surface area contributed by atoms with Gasteiger partial charge in [-0.3, -0.25) is 14.5 Å². The average molecular weight is 378 g/mol. The number of nitrogens with one attached hydrogen (secondary N) is 2. The molecule has 1 aliphatic heterocycles. The summed E-state index contributed by atoms with van der Waals surface area (Å²) in [5.74, 6) is -0.133. The Labute approximate surface area is 162 Å². The Hall–Kier alpha value is -3.03. The molecular formula is C21H22N4O3. The fraction of sp³-hybridized carbons (Fsp3) is 0.286. The number of anilines is 1. The summed E-state index contributed by atoms with van der Waals surface area (Å²) in [7, 11) is 0. The lowest BCUT2D eigenvalue weighted by molar-refractivity contribution is -0.121. The van der Waals surface area contributed by atoms with Crippen molar-refractivity contribution in [2.45, 2.75) is 19.1 Å². The van der Waals surface area contributed by atoms with Gasteiger partial charge in [0.15, 0.2) is 0 Å². The zero-order valence-corrected chi connectivity index (χ0v) is 15.4. The molecule has 28 heavy (non-hydrogen) atoms. The first-order valence-corrected chi connectivity index (χ1v) is 9.32. The highest BCUT2D eigenvalue weighted by Gasteiger charge is 2.23. The maximum absolute atomic E-state index is 12.5. The number of ether oxygens (including phenoxy) is 1. The predicted octanol–water partition coefficient (Wildman–Crippen LogP) is 2.15. The van der Waals surface area contributed by atoms with E-state index in [0.29, 0.717) is 29.7 Å². The molecule has 0 spiro atoms. The molecule has 0 aliphatic carbocycles. The number of hydrogen-bond acceptors (Lipinski definition) is 5. The van der Waals surface area contributed by atoms with Gasteiger partial charge in [0.1, 0.15) is 0 Å². The van der Waals surface area contributed by atoms with Gasteiger partial charge in [-0.05, 0) is 23.8 Å². The number of morpholine rings is 1. The minimum Gasteiger partial charge on any atom is -0.375 e. The van der Waals surface area contributed by atoms with E-state index in [1.807, 2.05) is 18.2 Å². The zero-order valence-electron chi connectivity index (χ0n) is 15.4. The molecule has 1 unspecified atom stereocenters. The van der Waals surface area contributed by atoms with E-state index in [9.17, 15) is 9.59 Å². The molecule has 0 bridgehead atoms. The number of rotatable bonds is 5. The van der Waals surface area contributed by atoms with Crippen LogP contribution in [-0.2, 0) is 16.1 Å². The second-order valence-corrected chi connectivity index (χ2v) is 6.93. The Morgan fingerprint density at radius 2 is 2.11 bits per heavy atom. The molecule has 1 fully saturated rings. The SMILES string of the molecule is O=C(CC1CN(Cc2ccccc2)CCO1)Nc1ccc2nc[nH]c(=O)c2c1. The van der Waals surface area contributed by atoms with Gasteiger partial charge >= 0.3 is 0 Å². The van der Waals surface area contributed by atoms with Gasteiger partial charge in [0.05, 0.1) is 36.4 Å². The van der Waals surface area contributed by atoms with Crippen LogP contribution in [0.15, 0.2) is 59.7 Å².